The number of nitrogens with one attached hydrogen (secondary N) is 1. The van der Waals surface area contributed by atoms with Crippen LogP contribution in [0, 0.1) is 18.8 Å². The highest BCUT2D eigenvalue weighted by Crippen LogP contribution is 2.21. The van der Waals surface area contributed by atoms with E-state index in [1.807, 2.05) is 13.8 Å². The van der Waals surface area contributed by atoms with Gasteiger partial charge in [0.15, 0.2) is 0 Å². The predicted octanol–water partition coefficient (Wildman–Crippen LogP) is 2.80. The van der Waals surface area contributed by atoms with Gasteiger partial charge in [-0.1, -0.05) is 25.5 Å². The lowest BCUT2D eigenvalue weighted by atomic mass is 9.92. The van der Waals surface area contributed by atoms with Crippen molar-refractivity contribution in [3.63, 3.8) is 0 Å². The van der Waals surface area contributed by atoms with Crippen LogP contribution in [0.4, 0.5) is 0 Å². The molecule has 1 aliphatic rings. The van der Waals surface area contributed by atoms with E-state index in [1.165, 1.54) is 6.42 Å². The number of rotatable bonds is 4. The van der Waals surface area contributed by atoms with Crippen LogP contribution in [0.3, 0.4) is 0 Å². The van der Waals surface area contributed by atoms with Crippen LogP contribution in [0.15, 0.2) is 18.2 Å². The van der Waals surface area contributed by atoms with Crippen molar-refractivity contribution in [2.45, 2.75) is 40.2 Å². The molecule has 0 aromatic heterocycles. The second-order valence-electron chi connectivity index (χ2n) is 7.06. The van der Waals surface area contributed by atoms with Crippen LogP contribution >= 0.6 is 0 Å². The van der Waals surface area contributed by atoms with Gasteiger partial charge in [0.05, 0.1) is 5.56 Å². The average Bonchev–Trinajstić information content (AvgIpc) is 2.39. The molecule has 3 atom stereocenters. The first kappa shape index (κ1) is 16.8. The average molecular weight is 304 g/mol. The van der Waals surface area contributed by atoms with E-state index in [0.717, 1.165) is 25.2 Å². The predicted molar refractivity (Wildman–Crippen MR) is 89.2 cm³/mol. The van der Waals surface area contributed by atoms with Gasteiger partial charge in [0.2, 0.25) is 0 Å². The van der Waals surface area contributed by atoms with Gasteiger partial charge < -0.3 is 15.3 Å². The Morgan fingerprint density at radius 3 is 2.64 bits per heavy atom. The highest BCUT2D eigenvalue weighted by molar-refractivity contribution is 5.97. The van der Waals surface area contributed by atoms with Gasteiger partial charge in [0.1, 0.15) is 5.75 Å². The molecule has 0 saturated carbocycles. The minimum atomic E-state index is -0.202. The fraction of sp³-hybridized carbons (Fsp3) is 0.611. The molecule has 4 nitrogen and oxygen atoms in total. The van der Waals surface area contributed by atoms with Crippen molar-refractivity contribution in [2.75, 3.05) is 19.6 Å². The SMILES string of the molecule is Cc1ccc(O)c(C(=O)NC(C)CN2CC(C)CC(C)C2)c1. The minimum absolute atomic E-state index is 0.0375. The Bertz CT molecular complexity index is 520. The number of aryl methyl sites for hydroxylation is 1. The number of carbonyl (C=O) groups excluding carboxylic acids is 1. The van der Waals surface area contributed by atoms with E-state index in [2.05, 4.69) is 24.1 Å². The van der Waals surface area contributed by atoms with Crippen LogP contribution in [0.5, 0.6) is 5.75 Å². The maximum Gasteiger partial charge on any atom is 0.255 e. The standard InChI is InChI=1S/C18H28N2O2/c1-12-5-6-17(21)16(8-12)18(22)19-15(4)11-20-9-13(2)7-14(3)10-20/h5-6,8,13-15,21H,7,9-11H2,1-4H3,(H,19,22). The summed E-state index contributed by atoms with van der Waals surface area (Å²) in [6.07, 6.45) is 1.29. The molecule has 0 bridgehead atoms. The number of nitrogens with zero attached hydrogens (tertiary/aromatic N) is 1. The van der Waals surface area contributed by atoms with Gasteiger partial charge in [0, 0.05) is 25.7 Å². The van der Waals surface area contributed by atoms with Gasteiger partial charge in [-0.05, 0) is 44.2 Å². The zero-order valence-electron chi connectivity index (χ0n) is 14.1. The van der Waals surface area contributed by atoms with Crippen LogP contribution < -0.4 is 5.32 Å². The molecule has 1 saturated heterocycles. The van der Waals surface area contributed by atoms with E-state index in [1.54, 1.807) is 18.2 Å². The number of phenols is 1. The summed E-state index contributed by atoms with van der Waals surface area (Å²) in [5.41, 5.74) is 1.32. The van der Waals surface area contributed by atoms with E-state index in [9.17, 15) is 9.90 Å². The summed E-state index contributed by atoms with van der Waals surface area (Å²) in [5.74, 6) is 1.27. The molecule has 122 valence electrons. The number of likely N-dealkylation sites (tertiary alicyclic amines) is 1. The minimum Gasteiger partial charge on any atom is -0.507 e. The molecule has 1 heterocycles. The van der Waals surface area contributed by atoms with Crippen LogP contribution in [-0.4, -0.2) is 41.6 Å². The van der Waals surface area contributed by atoms with Gasteiger partial charge in [-0.25, -0.2) is 0 Å². The summed E-state index contributed by atoms with van der Waals surface area (Å²) in [7, 11) is 0. The number of aromatic hydroxyl groups is 1. The lowest BCUT2D eigenvalue weighted by Gasteiger charge is -2.36. The number of hydrogen-bond donors (Lipinski definition) is 2. The molecule has 2 N–H and O–H groups in total. The largest absolute Gasteiger partial charge is 0.507 e. The first-order valence-electron chi connectivity index (χ1n) is 8.18. The van der Waals surface area contributed by atoms with E-state index >= 15 is 0 Å². The first-order chi connectivity index (χ1) is 10.3. The van der Waals surface area contributed by atoms with Crippen molar-refractivity contribution in [3.05, 3.63) is 29.3 Å². The Morgan fingerprint density at radius 2 is 2.00 bits per heavy atom. The van der Waals surface area contributed by atoms with Gasteiger partial charge >= 0.3 is 0 Å². The second-order valence-corrected chi connectivity index (χ2v) is 7.06. The number of amides is 1. The number of carbonyl (C=O) groups is 1. The lowest BCUT2D eigenvalue weighted by Crippen LogP contribution is -2.47. The van der Waals surface area contributed by atoms with Gasteiger partial charge in [0.25, 0.3) is 5.91 Å². The summed E-state index contributed by atoms with van der Waals surface area (Å²) < 4.78 is 0. The monoisotopic (exact) mass is 304 g/mol. The molecule has 1 fully saturated rings. The molecule has 0 radical (unpaired) electrons. The van der Waals surface area contributed by atoms with Crippen LogP contribution in [0.25, 0.3) is 0 Å². The molecule has 2 rings (SSSR count). The Balaban J connectivity index is 1.92. The summed E-state index contributed by atoms with van der Waals surface area (Å²) in [5, 5.41) is 12.8. The van der Waals surface area contributed by atoms with Crippen LogP contribution in [0.1, 0.15) is 43.1 Å². The molecule has 0 spiro atoms. The third-order valence-corrected chi connectivity index (χ3v) is 4.25. The molecule has 1 aromatic carbocycles. The van der Waals surface area contributed by atoms with Crippen molar-refractivity contribution >= 4 is 5.91 Å². The molecular weight excluding hydrogens is 276 g/mol. The highest BCUT2D eigenvalue weighted by Gasteiger charge is 2.23. The molecule has 1 aliphatic heterocycles. The maximum absolute atomic E-state index is 12.3. The molecule has 1 amide bonds. The van der Waals surface area contributed by atoms with Crippen LogP contribution in [0.2, 0.25) is 0 Å². The Labute approximate surface area is 133 Å². The summed E-state index contributed by atoms with van der Waals surface area (Å²) >= 11 is 0. The van der Waals surface area contributed by atoms with E-state index in [-0.39, 0.29) is 17.7 Å². The number of phenolic OH excluding ortho intramolecular Hbond substituents is 1. The quantitative estimate of drug-likeness (QED) is 0.899. The third kappa shape index (κ3) is 4.47. The molecule has 22 heavy (non-hydrogen) atoms. The smallest absolute Gasteiger partial charge is 0.255 e. The van der Waals surface area contributed by atoms with Crippen molar-refractivity contribution < 1.29 is 9.90 Å². The molecule has 1 aromatic rings. The van der Waals surface area contributed by atoms with E-state index in [0.29, 0.717) is 17.4 Å². The molecule has 3 unspecified atom stereocenters. The van der Waals surface area contributed by atoms with Crippen LogP contribution in [-0.2, 0) is 0 Å². The molecular formula is C18H28N2O2. The lowest BCUT2D eigenvalue weighted by molar-refractivity contribution is 0.0902. The van der Waals surface area contributed by atoms with Crippen molar-refractivity contribution in [1.29, 1.82) is 0 Å². The third-order valence-electron chi connectivity index (χ3n) is 4.25. The normalized spacial score (nSPS) is 24.0. The zero-order chi connectivity index (χ0) is 16.3. The summed E-state index contributed by atoms with van der Waals surface area (Å²) in [6, 6.07) is 5.15. The number of benzene rings is 1. The highest BCUT2D eigenvalue weighted by atomic mass is 16.3. The fourth-order valence-corrected chi connectivity index (χ4v) is 3.51. The topological polar surface area (TPSA) is 52.6 Å². The summed E-state index contributed by atoms with van der Waals surface area (Å²) in [4.78, 5) is 14.7. The molecule has 0 aliphatic carbocycles. The summed E-state index contributed by atoms with van der Waals surface area (Å²) in [6.45, 7) is 11.6. The zero-order valence-corrected chi connectivity index (χ0v) is 14.1. The van der Waals surface area contributed by atoms with E-state index < -0.39 is 0 Å². The Morgan fingerprint density at radius 1 is 1.36 bits per heavy atom. The number of piperidine rings is 1. The molecule has 4 heteroatoms. The van der Waals surface area contributed by atoms with Gasteiger partial charge in [-0.3, -0.25) is 4.79 Å². The Kier molecular flexibility index (Phi) is 5.46. The fourth-order valence-electron chi connectivity index (χ4n) is 3.51. The van der Waals surface area contributed by atoms with Gasteiger partial charge in [-0.2, -0.15) is 0 Å². The Hall–Kier alpha value is -1.55. The van der Waals surface area contributed by atoms with Crippen molar-refractivity contribution in [3.8, 4) is 5.75 Å². The first-order valence-corrected chi connectivity index (χ1v) is 8.18. The number of hydrogen-bond acceptors (Lipinski definition) is 3. The maximum atomic E-state index is 12.3. The van der Waals surface area contributed by atoms with Gasteiger partial charge in [-0.15, -0.1) is 0 Å². The second kappa shape index (κ2) is 7.14. The van der Waals surface area contributed by atoms with E-state index in [4.69, 9.17) is 0 Å². The van der Waals surface area contributed by atoms with Crippen molar-refractivity contribution in [2.24, 2.45) is 11.8 Å². The van der Waals surface area contributed by atoms with Crippen molar-refractivity contribution in [1.82, 2.24) is 10.2 Å².